The molecule has 0 aliphatic carbocycles. The molecule has 88 valence electrons. The SMILES string of the molecule is C=Cc1cccc(N=Nc2ccccc2)c1C=C. The van der Waals surface area contributed by atoms with E-state index < -0.39 is 0 Å². The van der Waals surface area contributed by atoms with Crippen LogP contribution in [0.4, 0.5) is 11.4 Å². The van der Waals surface area contributed by atoms with Gasteiger partial charge in [0.2, 0.25) is 0 Å². The second-order valence-electron chi connectivity index (χ2n) is 3.72. The topological polar surface area (TPSA) is 24.7 Å². The van der Waals surface area contributed by atoms with E-state index in [9.17, 15) is 0 Å². The van der Waals surface area contributed by atoms with Crippen LogP contribution in [-0.2, 0) is 0 Å². The van der Waals surface area contributed by atoms with Gasteiger partial charge in [-0.15, -0.1) is 5.11 Å². The average Bonchev–Trinajstić information content (AvgIpc) is 2.45. The Labute approximate surface area is 107 Å². The Bertz CT molecular complexity index is 583. The standard InChI is InChI=1S/C16H14N2/c1-3-13-9-8-12-16(15(13)4-2)18-17-14-10-6-5-7-11-14/h3-12H,1-2H2. The summed E-state index contributed by atoms with van der Waals surface area (Å²) in [4.78, 5) is 0. The van der Waals surface area contributed by atoms with Crippen LogP contribution in [-0.4, -0.2) is 0 Å². The van der Waals surface area contributed by atoms with E-state index in [1.54, 1.807) is 12.2 Å². The van der Waals surface area contributed by atoms with Gasteiger partial charge in [0.05, 0.1) is 11.4 Å². The maximum Gasteiger partial charge on any atom is 0.0935 e. The third kappa shape index (κ3) is 2.61. The quantitative estimate of drug-likeness (QED) is 0.634. The molecule has 2 aromatic carbocycles. The van der Waals surface area contributed by atoms with Crippen molar-refractivity contribution in [1.82, 2.24) is 0 Å². The van der Waals surface area contributed by atoms with Gasteiger partial charge in [-0.25, -0.2) is 0 Å². The first kappa shape index (κ1) is 12.0. The summed E-state index contributed by atoms with van der Waals surface area (Å²) in [6, 6.07) is 15.5. The second-order valence-corrected chi connectivity index (χ2v) is 3.72. The number of nitrogens with zero attached hydrogens (tertiary/aromatic N) is 2. The molecule has 0 spiro atoms. The predicted octanol–water partition coefficient (Wildman–Crippen LogP) is 5.39. The van der Waals surface area contributed by atoms with E-state index in [2.05, 4.69) is 23.4 Å². The summed E-state index contributed by atoms with van der Waals surface area (Å²) in [5, 5.41) is 8.47. The molecule has 0 amide bonds. The molecule has 0 N–H and O–H groups in total. The van der Waals surface area contributed by atoms with Crippen molar-refractivity contribution < 1.29 is 0 Å². The Hall–Kier alpha value is -2.48. The number of rotatable bonds is 4. The molecule has 2 aromatic rings. The van der Waals surface area contributed by atoms with E-state index in [-0.39, 0.29) is 0 Å². The lowest BCUT2D eigenvalue weighted by Crippen LogP contribution is -1.80. The largest absolute Gasteiger partial charge is 0.151 e. The van der Waals surface area contributed by atoms with Gasteiger partial charge in [0.15, 0.2) is 0 Å². The minimum atomic E-state index is 0.797. The molecular weight excluding hydrogens is 220 g/mol. The van der Waals surface area contributed by atoms with Gasteiger partial charge >= 0.3 is 0 Å². The second kappa shape index (κ2) is 5.73. The molecule has 0 fully saturated rings. The molecule has 0 radical (unpaired) electrons. The fraction of sp³-hybridized carbons (Fsp3) is 0. The van der Waals surface area contributed by atoms with Crippen molar-refractivity contribution in [3.63, 3.8) is 0 Å². The molecule has 0 aliphatic heterocycles. The zero-order valence-electron chi connectivity index (χ0n) is 10.1. The molecule has 0 saturated heterocycles. The highest BCUT2D eigenvalue weighted by Gasteiger charge is 2.01. The van der Waals surface area contributed by atoms with Crippen molar-refractivity contribution >= 4 is 23.5 Å². The Balaban J connectivity index is 2.38. The summed E-state index contributed by atoms with van der Waals surface area (Å²) in [6.07, 6.45) is 3.56. The zero-order valence-corrected chi connectivity index (χ0v) is 10.1. The third-order valence-corrected chi connectivity index (χ3v) is 2.57. The average molecular weight is 234 g/mol. The number of hydrogen-bond donors (Lipinski definition) is 0. The fourth-order valence-corrected chi connectivity index (χ4v) is 1.66. The van der Waals surface area contributed by atoms with Crippen LogP contribution in [0.15, 0.2) is 71.9 Å². The summed E-state index contributed by atoms with van der Waals surface area (Å²) < 4.78 is 0. The van der Waals surface area contributed by atoms with E-state index >= 15 is 0 Å². The minimum absolute atomic E-state index is 0.797. The van der Waals surface area contributed by atoms with Crippen LogP contribution in [0.1, 0.15) is 11.1 Å². The van der Waals surface area contributed by atoms with Crippen molar-refractivity contribution in [2.45, 2.75) is 0 Å². The highest BCUT2D eigenvalue weighted by atomic mass is 15.1. The lowest BCUT2D eigenvalue weighted by atomic mass is 10.1. The molecule has 0 atom stereocenters. The normalized spacial score (nSPS) is 10.4. The first-order valence-corrected chi connectivity index (χ1v) is 5.70. The fourth-order valence-electron chi connectivity index (χ4n) is 1.66. The van der Waals surface area contributed by atoms with Crippen molar-refractivity contribution in [3.8, 4) is 0 Å². The van der Waals surface area contributed by atoms with Gasteiger partial charge < -0.3 is 0 Å². The molecule has 2 heteroatoms. The third-order valence-electron chi connectivity index (χ3n) is 2.57. The van der Waals surface area contributed by atoms with Crippen LogP contribution in [0.25, 0.3) is 12.2 Å². The van der Waals surface area contributed by atoms with Crippen LogP contribution in [0.5, 0.6) is 0 Å². The Kier molecular flexibility index (Phi) is 3.82. The summed E-state index contributed by atoms with van der Waals surface area (Å²) in [5.41, 5.74) is 3.59. The summed E-state index contributed by atoms with van der Waals surface area (Å²) in [5.74, 6) is 0. The van der Waals surface area contributed by atoms with Gasteiger partial charge in [0, 0.05) is 5.56 Å². The number of hydrogen-bond acceptors (Lipinski definition) is 2. The van der Waals surface area contributed by atoms with Crippen molar-refractivity contribution in [1.29, 1.82) is 0 Å². The Morgan fingerprint density at radius 2 is 1.56 bits per heavy atom. The zero-order chi connectivity index (χ0) is 12.8. The van der Waals surface area contributed by atoms with Crippen LogP contribution in [0.3, 0.4) is 0 Å². The van der Waals surface area contributed by atoms with E-state index in [1.807, 2.05) is 48.5 Å². The van der Waals surface area contributed by atoms with Gasteiger partial charge in [-0.3, -0.25) is 0 Å². The molecule has 0 unspecified atom stereocenters. The van der Waals surface area contributed by atoms with E-state index in [1.165, 1.54) is 0 Å². The first-order chi connectivity index (χ1) is 8.85. The molecule has 2 rings (SSSR count). The molecule has 18 heavy (non-hydrogen) atoms. The van der Waals surface area contributed by atoms with Crippen LogP contribution in [0, 0.1) is 0 Å². The van der Waals surface area contributed by atoms with Gasteiger partial charge in [-0.2, -0.15) is 5.11 Å². The molecule has 0 aliphatic rings. The van der Waals surface area contributed by atoms with Crippen molar-refractivity contribution in [2.75, 3.05) is 0 Å². The summed E-state index contributed by atoms with van der Waals surface area (Å²) in [7, 11) is 0. The highest BCUT2D eigenvalue weighted by Crippen LogP contribution is 2.26. The highest BCUT2D eigenvalue weighted by molar-refractivity contribution is 5.72. The van der Waals surface area contributed by atoms with Crippen LogP contribution >= 0.6 is 0 Å². The molecule has 0 heterocycles. The number of benzene rings is 2. The molecule has 0 bridgehead atoms. The maximum atomic E-state index is 4.26. The lowest BCUT2D eigenvalue weighted by molar-refractivity contribution is 1.23. The van der Waals surface area contributed by atoms with Crippen LogP contribution < -0.4 is 0 Å². The molecule has 2 nitrogen and oxygen atoms in total. The molecule has 0 aromatic heterocycles. The van der Waals surface area contributed by atoms with E-state index in [0.717, 1.165) is 22.5 Å². The van der Waals surface area contributed by atoms with E-state index in [0.29, 0.717) is 0 Å². The molecular formula is C16H14N2. The van der Waals surface area contributed by atoms with E-state index in [4.69, 9.17) is 0 Å². The Morgan fingerprint density at radius 3 is 2.22 bits per heavy atom. The first-order valence-electron chi connectivity index (χ1n) is 5.70. The predicted molar refractivity (Wildman–Crippen MR) is 77.2 cm³/mol. The van der Waals surface area contributed by atoms with Gasteiger partial charge in [-0.1, -0.05) is 55.6 Å². The summed E-state index contributed by atoms with van der Waals surface area (Å²) in [6.45, 7) is 7.58. The number of azo groups is 1. The Morgan fingerprint density at radius 1 is 0.778 bits per heavy atom. The smallest absolute Gasteiger partial charge is 0.0935 e. The maximum absolute atomic E-state index is 4.26. The lowest BCUT2D eigenvalue weighted by Gasteiger charge is -2.03. The van der Waals surface area contributed by atoms with Gasteiger partial charge in [0.1, 0.15) is 0 Å². The van der Waals surface area contributed by atoms with Crippen molar-refractivity contribution in [2.24, 2.45) is 10.2 Å². The van der Waals surface area contributed by atoms with Crippen molar-refractivity contribution in [3.05, 3.63) is 72.8 Å². The van der Waals surface area contributed by atoms with Crippen LogP contribution in [0.2, 0.25) is 0 Å². The minimum Gasteiger partial charge on any atom is -0.151 e. The summed E-state index contributed by atoms with van der Waals surface area (Å²) >= 11 is 0. The molecule has 0 saturated carbocycles. The monoisotopic (exact) mass is 234 g/mol. The van der Waals surface area contributed by atoms with Gasteiger partial charge in [-0.05, 0) is 23.8 Å². The van der Waals surface area contributed by atoms with Gasteiger partial charge in [0.25, 0.3) is 0 Å².